The molecule has 2 N–H and O–H groups in total. The zero-order valence-corrected chi connectivity index (χ0v) is 16.8. The minimum atomic E-state index is -0.989. The van der Waals surface area contributed by atoms with Crippen molar-refractivity contribution < 1.29 is 29.3 Å². The second-order valence-corrected chi connectivity index (χ2v) is 8.90. The highest BCUT2D eigenvalue weighted by Gasteiger charge is 2.73. The van der Waals surface area contributed by atoms with Crippen molar-refractivity contribution in [2.75, 3.05) is 13.2 Å². The van der Waals surface area contributed by atoms with Crippen LogP contribution < -0.4 is 0 Å². The summed E-state index contributed by atoms with van der Waals surface area (Å²) in [6.07, 6.45) is 3.14. The molecule has 3 fully saturated rings. The Balaban J connectivity index is 0.000000247. The van der Waals surface area contributed by atoms with Crippen molar-refractivity contribution in [3.8, 4) is 0 Å². The van der Waals surface area contributed by atoms with Crippen molar-refractivity contribution in [3.63, 3.8) is 0 Å². The molecular weight excluding hydrogens is 336 g/mol. The molecule has 6 atom stereocenters. The lowest BCUT2D eigenvalue weighted by Crippen LogP contribution is -2.71. The summed E-state index contributed by atoms with van der Waals surface area (Å²) in [5.41, 5.74) is -0.980. The molecule has 0 radical (unpaired) electrons. The van der Waals surface area contributed by atoms with Gasteiger partial charge in [0.1, 0.15) is 0 Å². The Morgan fingerprint density at radius 2 is 1.12 bits per heavy atom. The molecule has 3 rings (SSSR count). The van der Waals surface area contributed by atoms with Gasteiger partial charge in [-0.15, -0.1) is 0 Å². The van der Waals surface area contributed by atoms with Gasteiger partial charge < -0.3 is 19.7 Å². The molecule has 0 aromatic heterocycles. The maximum atomic E-state index is 11.5. The summed E-state index contributed by atoms with van der Waals surface area (Å²) >= 11 is 0. The Kier molecular flexibility index (Phi) is 6.08. The number of carbonyl (C=O) groups is 2. The van der Waals surface area contributed by atoms with Crippen LogP contribution in [0.15, 0.2) is 0 Å². The van der Waals surface area contributed by atoms with E-state index in [1.807, 2.05) is 41.5 Å². The maximum Gasteiger partial charge on any atom is 0.307 e. The van der Waals surface area contributed by atoms with Gasteiger partial charge in [-0.1, -0.05) is 41.5 Å². The number of hydrogen-bond acceptors (Lipinski definition) is 4. The lowest BCUT2D eigenvalue weighted by Gasteiger charge is -2.68. The van der Waals surface area contributed by atoms with E-state index in [4.69, 9.17) is 9.47 Å². The summed E-state index contributed by atoms with van der Waals surface area (Å²) < 4.78 is 10.7. The van der Waals surface area contributed by atoms with E-state index in [2.05, 4.69) is 0 Å². The third-order valence-corrected chi connectivity index (χ3v) is 7.60. The van der Waals surface area contributed by atoms with Gasteiger partial charge >= 0.3 is 11.9 Å². The summed E-state index contributed by atoms with van der Waals surface area (Å²) in [5.74, 6) is -3.33. The number of aliphatic carboxylic acids is 2. The van der Waals surface area contributed by atoms with Crippen LogP contribution in [0.3, 0.4) is 0 Å². The molecule has 1 saturated carbocycles. The van der Waals surface area contributed by atoms with Crippen molar-refractivity contribution in [1.82, 2.24) is 0 Å². The van der Waals surface area contributed by atoms with E-state index >= 15 is 0 Å². The molecule has 0 aromatic carbocycles. The van der Waals surface area contributed by atoms with Gasteiger partial charge in [-0.05, 0) is 35.5 Å². The van der Waals surface area contributed by atoms with Crippen LogP contribution in [0.5, 0.6) is 0 Å². The lowest BCUT2D eigenvalue weighted by atomic mass is 9.33. The fraction of sp³-hybridized carbons (Fsp3) is 0.900. The highest BCUT2D eigenvalue weighted by atomic mass is 16.6. The van der Waals surface area contributed by atoms with Gasteiger partial charge in [0.25, 0.3) is 0 Å². The summed E-state index contributed by atoms with van der Waals surface area (Å²) in [4.78, 5) is 22.9. The lowest BCUT2D eigenvalue weighted by molar-refractivity contribution is -0.246. The molecule has 4 unspecified atom stereocenters. The van der Waals surface area contributed by atoms with Crippen molar-refractivity contribution in [2.45, 2.75) is 66.6 Å². The van der Waals surface area contributed by atoms with Gasteiger partial charge in [-0.2, -0.15) is 0 Å². The Morgan fingerprint density at radius 3 is 1.35 bits per heavy atom. The van der Waals surface area contributed by atoms with E-state index in [-0.39, 0.29) is 11.8 Å². The summed E-state index contributed by atoms with van der Waals surface area (Å²) in [7, 11) is 0. The molecule has 2 heterocycles. The van der Waals surface area contributed by atoms with Gasteiger partial charge in [0.05, 0.1) is 24.0 Å². The van der Waals surface area contributed by atoms with Gasteiger partial charge in [0, 0.05) is 13.2 Å². The van der Waals surface area contributed by atoms with Crippen LogP contribution >= 0.6 is 0 Å². The summed E-state index contributed by atoms with van der Waals surface area (Å²) in [6.45, 7) is 13.6. The van der Waals surface area contributed by atoms with Crippen molar-refractivity contribution in [2.24, 2.45) is 34.5 Å². The van der Waals surface area contributed by atoms with E-state index in [9.17, 15) is 19.8 Å². The standard InChI is InChI=1S/C14H24O4.C6H10O2/c1-7(2)13(5)9(11(15)16)10(12(17)18)14(13,6)8(3)4;1-3-7-6-2-4-8-5(1)6/h7-10H,1-6H3,(H,15,16)(H,17,18);5-6H,1-4H2/t;5-,6-/m.1/s1. The first-order valence-corrected chi connectivity index (χ1v) is 9.68. The molecule has 0 bridgehead atoms. The van der Waals surface area contributed by atoms with E-state index in [0.29, 0.717) is 12.2 Å². The smallest absolute Gasteiger partial charge is 0.307 e. The van der Waals surface area contributed by atoms with Gasteiger partial charge in [0.15, 0.2) is 0 Å². The largest absolute Gasteiger partial charge is 0.481 e. The predicted octanol–water partition coefficient (Wildman–Crippen LogP) is 3.29. The molecule has 0 spiro atoms. The second-order valence-electron chi connectivity index (χ2n) is 8.90. The van der Waals surface area contributed by atoms with Crippen LogP contribution in [0.2, 0.25) is 0 Å². The number of carboxylic acid groups (broad SMARTS) is 2. The van der Waals surface area contributed by atoms with Gasteiger partial charge in [-0.25, -0.2) is 0 Å². The summed E-state index contributed by atoms with van der Waals surface area (Å²) in [6, 6.07) is 0. The highest BCUT2D eigenvalue weighted by molar-refractivity contribution is 5.84. The molecule has 2 saturated heterocycles. The average molecular weight is 370 g/mol. The number of ether oxygens (including phenoxy) is 2. The fourth-order valence-corrected chi connectivity index (χ4v) is 5.45. The van der Waals surface area contributed by atoms with Crippen molar-refractivity contribution in [3.05, 3.63) is 0 Å². The van der Waals surface area contributed by atoms with Gasteiger partial charge in [0.2, 0.25) is 0 Å². The van der Waals surface area contributed by atoms with E-state index < -0.39 is 34.6 Å². The number of carboxylic acids is 2. The first-order valence-electron chi connectivity index (χ1n) is 9.68. The topological polar surface area (TPSA) is 93.1 Å². The molecular formula is C20H34O6. The number of rotatable bonds is 4. The minimum Gasteiger partial charge on any atom is -0.481 e. The third kappa shape index (κ3) is 3.05. The highest BCUT2D eigenvalue weighted by Crippen LogP contribution is 2.70. The quantitative estimate of drug-likeness (QED) is 0.789. The first kappa shape index (κ1) is 21.2. The molecule has 6 heteroatoms. The SMILES string of the molecule is C1C[C@H]2OCC[C@H]2O1.CC(C)C1(C)C(C(=O)O)C(C(=O)O)C1(C)C(C)C. The molecule has 26 heavy (non-hydrogen) atoms. The second kappa shape index (κ2) is 7.47. The van der Waals surface area contributed by atoms with E-state index in [0.717, 1.165) is 26.1 Å². The molecule has 3 aliphatic rings. The molecule has 0 amide bonds. The first-order chi connectivity index (χ1) is 12.0. The van der Waals surface area contributed by atoms with Crippen LogP contribution in [0.1, 0.15) is 54.4 Å². The minimum absolute atomic E-state index is 0.126. The fourth-order valence-electron chi connectivity index (χ4n) is 5.45. The predicted molar refractivity (Wildman–Crippen MR) is 96.9 cm³/mol. The normalized spacial score (nSPS) is 41.4. The Bertz CT molecular complexity index is 488. The Hall–Kier alpha value is -1.14. The monoisotopic (exact) mass is 370 g/mol. The number of hydrogen-bond donors (Lipinski definition) is 2. The number of fused-ring (bicyclic) bond motifs is 1. The zero-order chi connectivity index (χ0) is 19.9. The van der Waals surface area contributed by atoms with Crippen LogP contribution in [-0.2, 0) is 19.1 Å². The Labute approximate surface area is 156 Å². The molecule has 1 aliphatic carbocycles. The van der Waals surface area contributed by atoms with E-state index in [1.54, 1.807) is 0 Å². The zero-order valence-electron chi connectivity index (χ0n) is 16.8. The average Bonchev–Trinajstić information content (AvgIpc) is 3.14. The van der Waals surface area contributed by atoms with Crippen molar-refractivity contribution in [1.29, 1.82) is 0 Å². The molecule has 150 valence electrons. The maximum absolute atomic E-state index is 11.5. The van der Waals surface area contributed by atoms with Crippen molar-refractivity contribution >= 4 is 11.9 Å². The van der Waals surface area contributed by atoms with Crippen LogP contribution in [0.4, 0.5) is 0 Å². The third-order valence-electron chi connectivity index (χ3n) is 7.60. The van der Waals surface area contributed by atoms with Gasteiger partial charge in [-0.3, -0.25) is 9.59 Å². The van der Waals surface area contributed by atoms with Crippen LogP contribution in [-0.4, -0.2) is 47.6 Å². The molecule has 2 aliphatic heterocycles. The Morgan fingerprint density at radius 1 is 0.808 bits per heavy atom. The summed E-state index contributed by atoms with van der Waals surface area (Å²) in [5, 5.41) is 18.8. The molecule has 6 nitrogen and oxygen atoms in total. The molecule has 0 aromatic rings. The van der Waals surface area contributed by atoms with Crippen LogP contribution in [0.25, 0.3) is 0 Å². The van der Waals surface area contributed by atoms with E-state index in [1.165, 1.54) is 0 Å². The van der Waals surface area contributed by atoms with Crippen LogP contribution in [0, 0.1) is 34.5 Å².